The number of nitrogens with one attached hydrogen (secondary N) is 1. The second kappa shape index (κ2) is 4.42. The summed E-state index contributed by atoms with van der Waals surface area (Å²) >= 11 is 0. The zero-order valence-electron chi connectivity index (χ0n) is 10.4. The van der Waals surface area contributed by atoms with E-state index in [4.69, 9.17) is 5.73 Å². The molecule has 0 aromatic carbocycles. The van der Waals surface area contributed by atoms with Crippen molar-refractivity contribution in [2.24, 2.45) is 0 Å². The van der Waals surface area contributed by atoms with Gasteiger partial charge in [0.25, 0.3) is 0 Å². The number of pyridine rings is 2. The van der Waals surface area contributed by atoms with Crippen molar-refractivity contribution < 1.29 is 0 Å². The number of fused-ring (bicyclic) bond motifs is 1. The van der Waals surface area contributed by atoms with E-state index in [2.05, 4.69) is 20.2 Å². The first-order valence-corrected chi connectivity index (χ1v) is 6.21. The van der Waals surface area contributed by atoms with Gasteiger partial charge in [0.05, 0.1) is 0 Å². The van der Waals surface area contributed by atoms with Crippen molar-refractivity contribution in [3.63, 3.8) is 0 Å². The van der Waals surface area contributed by atoms with Crippen LogP contribution < -0.4 is 16.0 Å². The summed E-state index contributed by atoms with van der Waals surface area (Å²) in [6.45, 7) is 2.00. The first-order valence-electron chi connectivity index (χ1n) is 6.21. The van der Waals surface area contributed by atoms with Gasteiger partial charge in [-0.05, 0) is 31.0 Å². The molecule has 1 fully saturated rings. The number of anilines is 2. The fourth-order valence-corrected chi connectivity index (χ4v) is 2.48. The van der Waals surface area contributed by atoms with Crippen LogP contribution in [0.25, 0.3) is 10.8 Å². The van der Waals surface area contributed by atoms with Crippen molar-refractivity contribution in [2.45, 2.75) is 12.5 Å². The van der Waals surface area contributed by atoms with Crippen molar-refractivity contribution in [1.82, 2.24) is 15.3 Å². The van der Waals surface area contributed by atoms with Crippen LogP contribution in [0.5, 0.6) is 0 Å². The molecule has 5 heteroatoms. The number of likely N-dealkylation sites (N-methyl/N-ethyl adjacent to an activating group) is 1. The predicted octanol–water partition coefficient (Wildman–Crippen LogP) is 1.01. The van der Waals surface area contributed by atoms with E-state index in [0.717, 1.165) is 29.7 Å². The average Bonchev–Trinajstić information content (AvgIpc) is 2.34. The number of aromatic nitrogens is 2. The molecule has 3 N–H and O–H groups in total. The Morgan fingerprint density at radius 2 is 2.44 bits per heavy atom. The zero-order chi connectivity index (χ0) is 12.5. The molecule has 0 spiro atoms. The molecular formula is C13H17N5. The molecule has 2 aromatic heterocycles. The maximum absolute atomic E-state index is 5.89. The molecule has 0 unspecified atom stereocenters. The molecule has 1 saturated heterocycles. The van der Waals surface area contributed by atoms with Crippen molar-refractivity contribution in [1.29, 1.82) is 0 Å². The molecule has 3 heterocycles. The Morgan fingerprint density at radius 3 is 3.17 bits per heavy atom. The summed E-state index contributed by atoms with van der Waals surface area (Å²) in [7, 11) is 1.98. The largest absolute Gasteiger partial charge is 0.384 e. The summed E-state index contributed by atoms with van der Waals surface area (Å²) in [6, 6.07) is 4.38. The Kier molecular flexibility index (Phi) is 2.76. The topological polar surface area (TPSA) is 67.1 Å². The van der Waals surface area contributed by atoms with E-state index in [9.17, 15) is 0 Å². The third-order valence-electron chi connectivity index (χ3n) is 3.49. The fourth-order valence-electron chi connectivity index (χ4n) is 2.48. The molecule has 0 aliphatic carbocycles. The second-order valence-electron chi connectivity index (χ2n) is 4.66. The summed E-state index contributed by atoms with van der Waals surface area (Å²) in [6.07, 6.45) is 4.84. The molecule has 94 valence electrons. The minimum atomic E-state index is 0.507. The molecule has 5 nitrogen and oxygen atoms in total. The maximum atomic E-state index is 5.89. The highest BCUT2D eigenvalue weighted by atomic mass is 15.3. The predicted molar refractivity (Wildman–Crippen MR) is 73.6 cm³/mol. The molecule has 18 heavy (non-hydrogen) atoms. The van der Waals surface area contributed by atoms with Gasteiger partial charge in [0.1, 0.15) is 11.6 Å². The number of nitrogen functional groups attached to an aromatic ring is 1. The molecule has 0 saturated carbocycles. The van der Waals surface area contributed by atoms with Crippen LogP contribution in [-0.4, -0.2) is 36.1 Å². The Hall–Kier alpha value is -1.88. The molecule has 0 radical (unpaired) electrons. The molecule has 1 aliphatic heterocycles. The highest BCUT2D eigenvalue weighted by molar-refractivity contribution is 5.93. The van der Waals surface area contributed by atoms with Gasteiger partial charge in [-0.1, -0.05) is 0 Å². The number of nitrogens with zero attached hydrogens (tertiary/aromatic N) is 3. The van der Waals surface area contributed by atoms with Crippen molar-refractivity contribution in [2.75, 3.05) is 30.8 Å². The van der Waals surface area contributed by atoms with Crippen molar-refractivity contribution in [3.8, 4) is 0 Å². The van der Waals surface area contributed by atoms with E-state index in [-0.39, 0.29) is 0 Å². The molecule has 2 aromatic rings. The zero-order valence-corrected chi connectivity index (χ0v) is 10.4. The highest BCUT2D eigenvalue weighted by Gasteiger charge is 2.29. The van der Waals surface area contributed by atoms with Gasteiger partial charge in [0.2, 0.25) is 0 Å². The van der Waals surface area contributed by atoms with Crippen LogP contribution in [0.4, 0.5) is 11.6 Å². The van der Waals surface area contributed by atoms with E-state index in [1.54, 1.807) is 6.20 Å². The van der Waals surface area contributed by atoms with Crippen LogP contribution in [0, 0.1) is 0 Å². The smallest absolute Gasteiger partial charge is 0.140 e. The summed E-state index contributed by atoms with van der Waals surface area (Å²) < 4.78 is 0. The minimum Gasteiger partial charge on any atom is -0.384 e. The Labute approximate surface area is 106 Å². The lowest BCUT2D eigenvalue weighted by Crippen LogP contribution is -2.52. The number of hydrogen-bond acceptors (Lipinski definition) is 5. The average molecular weight is 243 g/mol. The van der Waals surface area contributed by atoms with Crippen molar-refractivity contribution in [3.05, 3.63) is 24.5 Å². The van der Waals surface area contributed by atoms with Gasteiger partial charge in [-0.2, -0.15) is 0 Å². The fraction of sp³-hybridized carbons (Fsp3) is 0.385. The van der Waals surface area contributed by atoms with E-state index in [0.29, 0.717) is 11.9 Å². The van der Waals surface area contributed by atoms with Gasteiger partial charge in [-0.15, -0.1) is 0 Å². The van der Waals surface area contributed by atoms with Gasteiger partial charge >= 0.3 is 0 Å². The molecule has 1 aliphatic rings. The SMILES string of the molecule is CNC[C@@H]1CCN1c1nc(N)cc2ccncc12. The third kappa shape index (κ3) is 1.76. The Bertz CT molecular complexity index is 568. The summed E-state index contributed by atoms with van der Waals surface area (Å²) in [5.41, 5.74) is 5.89. The molecule has 1 atom stereocenters. The number of nitrogens with two attached hydrogens (primary N) is 1. The van der Waals surface area contributed by atoms with E-state index in [1.807, 2.05) is 25.4 Å². The van der Waals surface area contributed by atoms with Crippen LogP contribution in [0.2, 0.25) is 0 Å². The normalized spacial score (nSPS) is 18.9. The summed E-state index contributed by atoms with van der Waals surface area (Å²) in [5.74, 6) is 1.53. The van der Waals surface area contributed by atoms with Gasteiger partial charge < -0.3 is 16.0 Å². The van der Waals surface area contributed by atoms with Gasteiger partial charge in [-0.25, -0.2) is 4.98 Å². The van der Waals surface area contributed by atoms with Crippen LogP contribution in [-0.2, 0) is 0 Å². The highest BCUT2D eigenvalue weighted by Crippen LogP contribution is 2.31. The second-order valence-corrected chi connectivity index (χ2v) is 4.66. The molecule has 0 bridgehead atoms. The van der Waals surface area contributed by atoms with Crippen molar-refractivity contribution >= 4 is 22.4 Å². The lowest BCUT2D eigenvalue weighted by Gasteiger charge is -2.42. The first-order chi connectivity index (χ1) is 8.79. The molecule has 3 rings (SSSR count). The monoisotopic (exact) mass is 243 g/mol. The van der Waals surface area contributed by atoms with Gasteiger partial charge in [0, 0.05) is 36.9 Å². The first kappa shape index (κ1) is 11.2. The standard InChI is InChI=1S/C13H17N5/c1-15-7-10-3-5-18(10)13-11-8-16-4-2-9(11)6-12(14)17-13/h2,4,6,8,10,15H,3,5,7H2,1H3,(H2,14,17)/t10-/m0/s1. The van der Waals surface area contributed by atoms with E-state index < -0.39 is 0 Å². The van der Waals surface area contributed by atoms with Crippen LogP contribution in [0.3, 0.4) is 0 Å². The number of rotatable bonds is 3. The van der Waals surface area contributed by atoms with E-state index >= 15 is 0 Å². The van der Waals surface area contributed by atoms with Crippen LogP contribution >= 0.6 is 0 Å². The molecule has 0 amide bonds. The summed E-state index contributed by atoms with van der Waals surface area (Å²) in [5, 5.41) is 5.39. The quantitative estimate of drug-likeness (QED) is 0.842. The van der Waals surface area contributed by atoms with Gasteiger partial charge in [0.15, 0.2) is 0 Å². The molecular weight excluding hydrogens is 226 g/mol. The Balaban J connectivity index is 2.05. The number of hydrogen-bond donors (Lipinski definition) is 2. The van der Waals surface area contributed by atoms with Crippen LogP contribution in [0.15, 0.2) is 24.5 Å². The maximum Gasteiger partial charge on any atom is 0.140 e. The lowest BCUT2D eigenvalue weighted by atomic mass is 10.0. The van der Waals surface area contributed by atoms with Crippen LogP contribution in [0.1, 0.15) is 6.42 Å². The van der Waals surface area contributed by atoms with E-state index in [1.165, 1.54) is 6.42 Å². The lowest BCUT2D eigenvalue weighted by molar-refractivity contribution is 0.431. The minimum absolute atomic E-state index is 0.507. The van der Waals surface area contributed by atoms with Gasteiger partial charge in [-0.3, -0.25) is 4.98 Å². The summed E-state index contributed by atoms with van der Waals surface area (Å²) in [4.78, 5) is 11.0. The Morgan fingerprint density at radius 1 is 1.56 bits per heavy atom. The third-order valence-corrected chi connectivity index (χ3v) is 3.49.